The van der Waals surface area contributed by atoms with Gasteiger partial charge in [-0.05, 0) is 25.0 Å². The van der Waals surface area contributed by atoms with Crippen molar-refractivity contribution in [2.75, 3.05) is 26.8 Å². The zero-order valence-corrected chi connectivity index (χ0v) is 13.0. The van der Waals surface area contributed by atoms with Crippen molar-refractivity contribution in [2.24, 2.45) is 0 Å². The molecule has 0 bridgehead atoms. The number of rotatable bonds is 11. The van der Waals surface area contributed by atoms with Gasteiger partial charge in [0.05, 0.1) is 13.2 Å². The van der Waals surface area contributed by atoms with Gasteiger partial charge in [-0.3, -0.25) is 0 Å². The molecule has 1 aromatic rings. The molecule has 0 saturated heterocycles. The Bertz CT molecular complexity index is 546. The van der Waals surface area contributed by atoms with Crippen LogP contribution in [0.2, 0.25) is 0 Å². The molecule has 0 fully saturated rings. The highest BCUT2D eigenvalue weighted by Gasteiger charge is 2.17. The van der Waals surface area contributed by atoms with Crippen LogP contribution in [-0.4, -0.2) is 35.2 Å². The van der Waals surface area contributed by atoms with Crippen LogP contribution >= 0.6 is 0 Å². The number of furan rings is 1. The lowest BCUT2D eigenvalue weighted by molar-refractivity contribution is 0.198. The maximum absolute atomic E-state index is 12.0. The quantitative estimate of drug-likeness (QED) is 0.472. The third-order valence-corrected chi connectivity index (χ3v) is 4.06. The molecule has 0 radical (unpaired) electrons. The second kappa shape index (κ2) is 9.58. The molecule has 0 aliphatic carbocycles. The molecule has 1 rings (SSSR count). The van der Waals surface area contributed by atoms with E-state index in [0.717, 1.165) is 6.42 Å². The molecule has 0 saturated carbocycles. The van der Waals surface area contributed by atoms with Gasteiger partial charge in [-0.1, -0.05) is 0 Å². The fraction of sp³-hybridized carbons (Fsp3) is 0.571. The molecule has 1 heterocycles. The maximum atomic E-state index is 12.0. The van der Waals surface area contributed by atoms with Crippen molar-refractivity contribution in [2.45, 2.75) is 30.9 Å². The van der Waals surface area contributed by atoms with Gasteiger partial charge in [0.15, 0.2) is 0 Å². The van der Waals surface area contributed by atoms with E-state index in [-0.39, 0.29) is 5.09 Å². The Kier molecular flexibility index (Phi) is 8.08. The van der Waals surface area contributed by atoms with Crippen LogP contribution in [0.3, 0.4) is 0 Å². The summed E-state index contributed by atoms with van der Waals surface area (Å²) in [5.41, 5.74) is 0. The molecule has 2 N–H and O–H groups in total. The second-order valence-corrected chi connectivity index (χ2v) is 6.15. The number of methoxy groups -OCH3 is 1. The van der Waals surface area contributed by atoms with Gasteiger partial charge >= 0.3 is 0 Å². The number of nitrogens with one attached hydrogen (secondary N) is 2. The van der Waals surface area contributed by atoms with E-state index in [1.165, 1.54) is 6.07 Å². The summed E-state index contributed by atoms with van der Waals surface area (Å²) >= 11 is 0. The summed E-state index contributed by atoms with van der Waals surface area (Å²) in [6.45, 7) is 2.07. The van der Waals surface area contributed by atoms with Crippen LogP contribution < -0.4 is 10.0 Å². The van der Waals surface area contributed by atoms with Crippen molar-refractivity contribution in [3.63, 3.8) is 0 Å². The van der Waals surface area contributed by atoms with Crippen molar-refractivity contribution in [1.82, 2.24) is 10.0 Å². The van der Waals surface area contributed by atoms with Gasteiger partial charge in [-0.15, -0.1) is 12.3 Å². The minimum Gasteiger partial charge on any atom is -0.447 e. The van der Waals surface area contributed by atoms with Gasteiger partial charge in [-0.25, -0.2) is 13.1 Å². The van der Waals surface area contributed by atoms with Crippen molar-refractivity contribution in [1.29, 1.82) is 0 Å². The predicted molar refractivity (Wildman–Crippen MR) is 80.2 cm³/mol. The standard InChI is InChI=1S/C14H22N2O4S/c1-3-4-5-6-9-16-21(17,18)14-8-7-13(20-14)12-15-10-11-19-2/h1,7-8,15-16H,4-6,9-12H2,2H3. The molecule has 1 aromatic heterocycles. The average Bonchev–Trinajstić information content (AvgIpc) is 2.93. The third kappa shape index (κ3) is 6.78. The summed E-state index contributed by atoms with van der Waals surface area (Å²) < 4.78 is 36.7. The zero-order chi connectivity index (χ0) is 15.6. The summed E-state index contributed by atoms with van der Waals surface area (Å²) in [6.07, 6.45) is 7.29. The highest BCUT2D eigenvalue weighted by atomic mass is 32.2. The fourth-order valence-electron chi connectivity index (χ4n) is 1.61. The normalized spacial score (nSPS) is 11.4. The Morgan fingerprint density at radius 2 is 2.14 bits per heavy atom. The molecule has 21 heavy (non-hydrogen) atoms. The van der Waals surface area contributed by atoms with Crippen LogP contribution in [0.1, 0.15) is 25.0 Å². The monoisotopic (exact) mass is 314 g/mol. The molecule has 0 aliphatic rings. The molecule has 0 atom stereocenters. The van der Waals surface area contributed by atoms with Gasteiger partial charge in [0, 0.05) is 26.6 Å². The van der Waals surface area contributed by atoms with Crippen LogP contribution in [0.15, 0.2) is 21.6 Å². The van der Waals surface area contributed by atoms with E-state index < -0.39 is 10.0 Å². The number of unbranched alkanes of at least 4 members (excludes halogenated alkanes) is 2. The largest absolute Gasteiger partial charge is 0.447 e. The SMILES string of the molecule is C#CCCCCNS(=O)(=O)c1ccc(CNCCOC)o1. The van der Waals surface area contributed by atoms with E-state index >= 15 is 0 Å². The van der Waals surface area contributed by atoms with Gasteiger partial charge in [0.25, 0.3) is 10.0 Å². The lowest BCUT2D eigenvalue weighted by Crippen LogP contribution is -2.24. The summed E-state index contributed by atoms with van der Waals surface area (Å²) in [7, 11) is -1.96. The molecule has 0 unspecified atom stereocenters. The van der Waals surface area contributed by atoms with Crippen molar-refractivity contribution in [3.8, 4) is 12.3 Å². The van der Waals surface area contributed by atoms with E-state index in [4.69, 9.17) is 15.6 Å². The van der Waals surface area contributed by atoms with Crippen molar-refractivity contribution in [3.05, 3.63) is 17.9 Å². The second-order valence-electron chi connectivity index (χ2n) is 4.45. The Labute approximate surface area is 126 Å². The Balaban J connectivity index is 2.41. The summed E-state index contributed by atoms with van der Waals surface area (Å²) in [5, 5.41) is 3.01. The Hall–Kier alpha value is -1.33. The van der Waals surface area contributed by atoms with Crippen LogP contribution in [0, 0.1) is 12.3 Å². The minimum absolute atomic E-state index is 0.0667. The lowest BCUT2D eigenvalue weighted by atomic mass is 10.2. The first-order valence-electron chi connectivity index (χ1n) is 6.81. The van der Waals surface area contributed by atoms with Crippen LogP contribution in [-0.2, 0) is 21.3 Å². The molecular formula is C14H22N2O4S. The summed E-state index contributed by atoms with van der Waals surface area (Å²) in [5.74, 6) is 3.09. The van der Waals surface area contributed by atoms with E-state index in [0.29, 0.717) is 44.8 Å². The Morgan fingerprint density at radius 3 is 2.86 bits per heavy atom. The molecule has 7 heteroatoms. The van der Waals surface area contributed by atoms with Crippen molar-refractivity contribution >= 4 is 10.0 Å². The molecule has 0 aromatic carbocycles. The van der Waals surface area contributed by atoms with Gasteiger partial charge < -0.3 is 14.5 Å². The number of sulfonamides is 1. The lowest BCUT2D eigenvalue weighted by Gasteiger charge is -2.04. The van der Waals surface area contributed by atoms with E-state index in [2.05, 4.69) is 16.0 Å². The smallest absolute Gasteiger partial charge is 0.273 e. The number of hydrogen-bond donors (Lipinski definition) is 2. The number of terminal acetylenes is 1. The van der Waals surface area contributed by atoms with Crippen molar-refractivity contribution < 1.29 is 17.6 Å². The molecule has 118 valence electrons. The fourth-order valence-corrected chi connectivity index (χ4v) is 2.63. The zero-order valence-electron chi connectivity index (χ0n) is 12.2. The van der Waals surface area contributed by atoms with Crippen LogP contribution in [0.5, 0.6) is 0 Å². The topological polar surface area (TPSA) is 80.6 Å². The first-order valence-corrected chi connectivity index (χ1v) is 8.30. The maximum Gasteiger partial charge on any atom is 0.273 e. The van der Waals surface area contributed by atoms with Gasteiger partial charge in [-0.2, -0.15) is 0 Å². The molecule has 0 amide bonds. The van der Waals surface area contributed by atoms with E-state index in [9.17, 15) is 8.42 Å². The third-order valence-electron chi connectivity index (χ3n) is 2.72. The first kappa shape index (κ1) is 17.7. The van der Waals surface area contributed by atoms with E-state index in [1.807, 2.05) is 0 Å². The number of ether oxygens (including phenoxy) is 1. The Morgan fingerprint density at radius 1 is 1.33 bits per heavy atom. The molecule has 0 aliphatic heterocycles. The summed E-state index contributed by atoms with van der Waals surface area (Å²) in [4.78, 5) is 0. The first-order chi connectivity index (χ1) is 10.1. The molecule has 6 nitrogen and oxygen atoms in total. The highest BCUT2D eigenvalue weighted by molar-refractivity contribution is 7.89. The highest BCUT2D eigenvalue weighted by Crippen LogP contribution is 2.13. The van der Waals surface area contributed by atoms with Crippen LogP contribution in [0.4, 0.5) is 0 Å². The summed E-state index contributed by atoms with van der Waals surface area (Å²) in [6, 6.07) is 3.10. The minimum atomic E-state index is -3.58. The number of hydrogen-bond acceptors (Lipinski definition) is 5. The predicted octanol–water partition coefficient (Wildman–Crippen LogP) is 1.10. The van der Waals surface area contributed by atoms with E-state index in [1.54, 1.807) is 13.2 Å². The molecule has 0 spiro atoms. The molecular weight excluding hydrogens is 292 g/mol. The van der Waals surface area contributed by atoms with Crippen LogP contribution in [0.25, 0.3) is 0 Å². The average molecular weight is 314 g/mol. The van der Waals surface area contributed by atoms with Gasteiger partial charge in [0.1, 0.15) is 5.76 Å². The van der Waals surface area contributed by atoms with Gasteiger partial charge in [0.2, 0.25) is 5.09 Å².